The van der Waals surface area contributed by atoms with Gasteiger partial charge in [0.25, 0.3) is 0 Å². The van der Waals surface area contributed by atoms with Crippen molar-refractivity contribution in [3.63, 3.8) is 0 Å². The summed E-state index contributed by atoms with van der Waals surface area (Å²) in [6.45, 7) is 0. The first-order valence-electron chi connectivity index (χ1n) is 6.60. The lowest BCUT2D eigenvalue weighted by atomic mass is 10.0. The van der Waals surface area contributed by atoms with Gasteiger partial charge >= 0.3 is 0 Å². The van der Waals surface area contributed by atoms with Gasteiger partial charge < -0.3 is 5.32 Å². The zero-order valence-corrected chi connectivity index (χ0v) is 10.5. The fraction of sp³-hybridized carbons (Fsp3) is 0.118. The van der Waals surface area contributed by atoms with Gasteiger partial charge in [-0.15, -0.1) is 0 Å². The van der Waals surface area contributed by atoms with Crippen LogP contribution in [0.25, 0.3) is 10.8 Å². The molecule has 1 unspecified atom stereocenters. The van der Waals surface area contributed by atoms with Crippen LogP contribution in [0, 0.1) is 0 Å². The molecule has 2 heteroatoms. The fourth-order valence-corrected chi connectivity index (χ4v) is 2.86. The van der Waals surface area contributed by atoms with Crippen molar-refractivity contribution in [2.24, 2.45) is 0 Å². The van der Waals surface area contributed by atoms with Gasteiger partial charge in [-0.05, 0) is 23.1 Å². The molecule has 0 amide bonds. The summed E-state index contributed by atoms with van der Waals surface area (Å²) < 4.78 is 0. The van der Waals surface area contributed by atoms with Gasteiger partial charge in [0.2, 0.25) is 0 Å². The second-order valence-electron chi connectivity index (χ2n) is 4.98. The number of anilines is 1. The first kappa shape index (κ1) is 10.6. The van der Waals surface area contributed by atoms with Crippen LogP contribution in [0.3, 0.4) is 0 Å². The second-order valence-corrected chi connectivity index (χ2v) is 4.98. The van der Waals surface area contributed by atoms with Gasteiger partial charge in [0.15, 0.2) is 0 Å². The zero-order chi connectivity index (χ0) is 12.7. The minimum absolute atomic E-state index is 0.294. The van der Waals surface area contributed by atoms with Crippen LogP contribution in [0.5, 0.6) is 0 Å². The molecule has 1 aliphatic rings. The maximum Gasteiger partial charge on any atom is 0.0726 e. The normalized spacial score (nSPS) is 17.2. The molecule has 1 aliphatic heterocycles. The second kappa shape index (κ2) is 4.09. The maximum atomic E-state index is 4.46. The van der Waals surface area contributed by atoms with Crippen molar-refractivity contribution in [1.29, 1.82) is 0 Å². The number of rotatable bonds is 1. The van der Waals surface area contributed by atoms with Crippen molar-refractivity contribution in [3.8, 4) is 0 Å². The molecule has 92 valence electrons. The van der Waals surface area contributed by atoms with Gasteiger partial charge in [-0.3, -0.25) is 4.98 Å². The average molecular weight is 246 g/mol. The van der Waals surface area contributed by atoms with Crippen LogP contribution in [0.1, 0.15) is 17.3 Å². The minimum Gasteiger partial charge on any atom is -0.376 e. The van der Waals surface area contributed by atoms with Crippen molar-refractivity contribution >= 4 is 16.5 Å². The van der Waals surface area contributed by atoms with E-state index in [1.807, 2.05) is 18.3 Å². The van der Waals surface area contributed by atoms with Crippen molar-refractivity contribution in [2.45, 2.75) is 12.5 Å². The Hall–Kier alpha value is -2.35. The lowest BCUT2D eigenvalue weighted by Gasteiger charge is -2.10. The van der Waals surface area contributed by atoms with Crippen LogP contribution < -0.4 is 5.32 Å². The number of fused-ring (bicyclic) bond motifs is 3. The molecule has 0 fully saturated rings. The van der Waals surface area contributed by atoms with Gasteiger partial charge in [-0.2, -0.15) is 0 Å². The highest BCUT2D eigenvalue weighted by atomic mass is 15.0. The zero-order valence-electron chi connectivity index (χ0n) is 10.5. The highest BCUT2D eigenvalue weighted by Crippen LogP contribution is 2.38. The molecule has 1 atom stereocenters. The molecule has 0 bridgehead atoms. The first-order valence-corrected chi connectivity index (χ1v) is 6.60. The van der Waals surface area contributed by atoms with Crippen molar-refractivity contribution in [1.82, 2.24) is 4.98 Å². The molecule has 0 aliphatic carbocycles. The number of pyridine rings is 1. The third-order valence-electron chi connectivity index (χ3n) is 3.80. The van der Waals surface area contributed by atoms with E-state index >= 15 is 0 Å². The number of hydrogen-bond donors (Lipinski definition) is 1. The summed E-state index contributed by atoms with van der Waals surface area (Å²) in [5, 5.41) is 6.22. The Kier molecular flexibility index (Phi) is 2.27. The van der Waals surface area contributed by atoms with Crippen LogP contribution >= 0.6 is 0 Å². The smallest absolute Gasteiger partial charge is 0.0726 e. The van der Waals surface area contributed by atoms with E-state index in [-0.39, 0.29) is 0 Å². The minimum atomic E-state index is 0.294. The van der Waals surface area contributed by atoms with E-state index in [1.54, 1.807) is 0 Å². The molecule has 1 aromatic heterocycles. The molecule has 3 aromatic rings. The Bertz CT molecular complexity index is 735. The molecule has 4 rings (SSSR count). The van der Waals surface area contributed by atoms with Crippen LogP contribution in [-0.4, -0.2) is 4.98 Å². The van der Waals surface area contributed by atoms with E-state index in [1.165, 1.54) is 22.0 Å². The lowest BCUT2D eigenvalue weighted by molar-refractivity contribution is 0.788. The van der Waals surface area contributed by atoms with Gasteiger partial charge in [-0.25, -0.2) is 0 Å². The highest BCUT2D eigenvalue weighted by molar-refractivity contribution is 5.96. The van der Waals surface area contributed by atoms with Crippen LogP contribution in [0.15, 0.2) is 60.8 Å². The Labute approximate surface area is 112 Å². The van der Waals surface area contributed by atoms with E-state index in [0.717, 1.165) is 12.1 Å². The molecule has 2 nitrogen and oxygen atoms in total. The Balaban J connectivity index is 1.80. The molecule has 19 heavy (non-hydrogen) atoms. The monoisotopic (exact) mass is 246 g/mol. The van der Waals surface area contributed by atoms with Crippen molar-refractivity contribution in [2.75, 3.05) is 5.32 Å². The first-order chi connectivity index (χ1) is 9.42. The molecule has 0 spiro atoms. The SMILES string of the molecule is c1ccc(C2Cc3ccc4ccccc4c3N2)nc1. The molecule has 2 aromatic carbocycles. The molecule has 0 saturated carbocycles. The lowest BCUT2D eigenvalue weighted by Crippen LogP contribution is -2.07. The Morgan fingerprint density at radius 2 is 1.84 bits per heavy atom. The van der Waals surface area contributed by atoms with Crippen LogP contribution in [-0.2, 0) is 6.42 Å². The molecule has 1 N–H and O–H groups in total. The summed E-state index contributed by atoms with van der Waals surface area (Å²) in [6, 6.07) is 19.3. The van der Waals surface area contributed by atoms with Crippen LogP contribution in [0.2, 0.25) is 0 Å². The predicted octanol–water partition coefficient (Wildman–Crippen LogP) is 3.94. The highest BCUT2D eigenvalue weighted by Gasteiger charge is 2.24. The average Bonchev–Trinajstić information content (AvgIpc) is 2.93. The van der Waals surface area contributed by atoms with Gasteiger partial charge in [-0.1, -0.05) is 42.5 Å². The van der Waals surface area contributed by atoms with E-state index in [2.05, 4.69) is 52.8 Å². The number of aromatic nitrogens is 1. The topological polar surface area (TPSA) is 24.9 Å². The number of nitrogens with zero attached hydrogens (tertiary/aromatic N) is 1. The van der Waals surface area contributed by atoms with Gasteiger partial charge in [0.05, 0.1) is 11.7 Å². The number of nitrogens with one attached hydrogen (secondary N) is 1. The summed E-state index contributed by atoms with van der Waals surface area (Å²) in [6.07, 6.45) is 2.87. The van der Waals surface area contributed by atoms with Crippen molar-refractivity contribution < 1.29 is 0 Å². The Morgan fingerprint density at radius 1 is 0.947 bits per heavy atom. The van der Waals surface area contributed by atoms with E-state index in [9.17, 15) is 0 Å². The molecule has 0 saturated heterocycles. The number of benzene rings is 2. The molecule has 0 radical (unpaired) electrons. The molecular weight excluding hydrogens is 232 g/mol. The fourth-order valence-electron chi connectivity index (χ4n) is 2.86. The molecular formula is C17H14N2. The standard InChI is InChI=1S/C17H14N2/c1-2-6-14-12(5-1)8-9-13-11-16(19-17(13)14)15-7-3-4-10-18-15/h1-10,16,19H,11H2. The largest absolute Gasteiger partial charge is 0.376 e. The molecule has 2 heterocycles. The summed E-state index contributed by atoms with van der Waals surface area (Å²) in [4.78, 5) is 4.46. The van der Waals surface area contributed by atoms with E-state index in [0.29, 0.717) is 6.04 Å². The predicted molar refractivity (Wildman–Crippen MR) is 78.3 cm³/mol. The van der Waals surface area contributed by atoms with Crippen LogP contribution in [0.4, 0.5) is 5.69 Å². The van der Waals surface area contributed by atoms with E-state index in [4.69, 9.17) is 0 Å². The third-order valence-corrected chi connectivity index (χ3v) is 3.80. The quantitative estimate of drug-likeness (QED) is 0.703. The third kappa shape index (κ3) is 1.68. The van der Waals surface area contributed by atoms with Crippen molar-refractivity contribution in [3.05, 3.63) is 72.1 Å². The number of hydrogen-bond acceptors (Lipinski definition) is 2. The van der Waals surface area contributed by atoms with Gasteiger partial charge in [0, 0.05) is 23.7 Å². The summed E-state index contributed by atoms with van der Waals surface area (Å²) in [5.41, 5.74) is 3.77. The van der Waals surface area contributed by atoms with E-state index < -0.39 is 0 Å². The maximum absolute atomic E-state index is 4.46. The summed E-state index contributed by atoms with van der Waals surface area (Å²) in [7, 11) is 0. The summed E-state index contributed by atoms with van der Waals surface area (Å²) >= 11 is 0. The summed E-state index contributed by atoms with van der Waals surface area (Å²) in [5.74, 6) is 0. The Morgan fingerprint density at radius 3 is 2.74 bits per heavy atom. The van der Waals surface area contributed by atoms with Gasteiger partial charge in [0.1, 0.15) is 0 Å².